The minimum atomic E-state index is -0.508. The van der Waals surface area contributed by atoms with Gasteiger partial charge in [-0.2, -0.15) is 0 Å². The molecule has 0 aliphatic carbocycles. The van der Waals surface area contributed by atoms with Gasteiger partial charge in [0.1, 0.15) is 5.82 Å². The predicted octanol–water partition coefficient (Wildman–Crippen LogP) is 4.36. The molecule has 3 aromatic rings. The van der Waals surface area contributed by atoms with Crippen molar-refractivity contribution in [2.24, 2.45) is 0 Å². The van der Waals surface area contributed by atoms with Crippen LogP contribution in [0, 0.1) is 5.82 Å². The molecule has 6 heteroatoms. The van der Waals surface area contributed by atoms with Gasteiger partial charge in [-0.05, 0) is 65.6 Å². The molecule has 0 saturated carbocycles. The lowest BCUT2D eigenvalue weighted by Gasteiger charge is -2.16. The highest BCUT2D eigenvalue weighted by atomic mass is 19.1. The number of hydrogen-bond acceptors (Lipinski definition) is 3. The van der Waals surface area contributed by atoms with Gasteiger partial charge in [0.05, 0.1) is 6.61 Å². The SMILES string of the molecule is O=C(Nc1ccc(N2CCCC2=O)cc1)c1cc(F)cc(-c2ccc(CO)cc2)c1. The van der Waals surface area contributed by atoms with E-state index in [4.69, 9.17) is 5.11 Å². The van der Waals surface area contributed by atoms with Gasteiger partial charge in [-0.1, -0.05) is 24.3 Å². The quantitative estimate of drug-likeness (QED) is 0.664. The van der Waals surface area contributed by atoms with E-state index in [0.29, 0.717) is 24.2 Å². The number of carbonyl (C=O) groups is 2. The number of aliphatic hydroxyl groups excluding tert-OH is 1. The molecular formula is C24H21FN2O3. The van der Waals surface area contributed by atoms with Gasteiger partial charge in [0.2, 0.25) is 5.91 Å². The molecule has 30 heavy (non-hydrogen) atoms. The molecular weight excluding hydrogens is 383 g/mol. The molecule has 0 spiro atoms. The fraction of sp³-hybridized carbons (Fsp3) is 0.167. The van der Waals surface area contributed by atoms with Gasteiger partial charge in [-0.15, -0.1) is 0 Å². The summed E-state index contributed by atoms with van der Waals surface area (Å²) >= 11 is 0. The summed E-state index contributed by atoms with van der Waals surface area (Å²) in [5, 5.41) is 11.9. The Kier molecular flexibility index (Phi) is 5.59. The van der Waals surface area contributed by atoms with E-state index < -0.39 is 11.7 Å². The van der Waals surface area contributed by atoms with Gasteiger partial charge in [-0.3, -0.25) is 9.59 Å². The van der Waals surface area contributed by atoms with Crippen molar-refractivity contribution in [1.29, 1.82) is 0 Å². The molecule has 2 amide bonds. The van der Waals surface area contributed by atoms with E-state index in [-0.39, 0.29) is 18.1 Å². The lowest BCUT2D eigenvalue weighted by atomic mass is 10.0. The van der Waals surface area contributed by atoms with Gasteiger partial charge in [0.25, 0.3) is 5.91 Å². The molecule has 1 saturated heterocycles. The summed E-state index contributed by atoms with van der Waals surface area (Å²) in [5.41, 5.74) is 3.65. The number of rotatable bonds is 5. The van der Waals surface area contributed by atoms with Crippen LogP contribution in [-0.4, -0.2) is 23.5 Å². The van der Waals surface area contributed by atoms with Crippen molar-refractivity contribution in [3.8, 4) is 11.1 Å². The molecule has 1 aliphatic rings. The van der Waals surface area contributed by atoms with Crippen molar-refractivity contribution >= 4 is 23.2 Å². The molecule has 0 atom stereocenters. The number of nitrogens with zero attached hydrogens (tertiary/aromatic N) is 1. The van der Waals surface area contributed by atoms with E-state index in [1.54, 1.807) is 59.5 Å². The van der Waals surface area contributed by atoms with Crippen molar-refractivity contribution in [1.82, 2.24) is 0 Å². The third-order valence-electron chi connectivity index (χ3n) is 5.14. The first-order valence-corrected chi connectivity index (χ1v) is 9.76. The second-order valence-corrected chi connectivity index (χ2v) is 7.23. The van der Waals surface area contributed by atoms with Crippen molar-refractivity contribution in [2.45, 2.75) is 19.4 Å². The van der Waals surface area contributed by atoms with E-state index in [1.165, 1.54) is 12.1 Å². The number of carbonyl (C=O) groups excluding carboxylic acids is 2. The maximum absolute atomic E-state index is 14.2. The first kappa shape index (κ1) is 19.8. The minimum Gasteiger partial charge on any atom is -0.392 e. The van der Waals surface area contributed by atoms with Crippen LogP contribution in [0.2, 0.25) is 0 Å². The molecule has 0 unspecified atom stereocenters. The predicted molar refractivity (Wildman–Crippen MR) is 114 cm³/mol. The zero-order chi connectivity index (χ0) is 21.1. The van der Waals surface area contributed by atoms with E-state index >= 15 is 0 Å². The van der Waals surface area contributed by atoms with E-state index in [0.717, 1.165) is 23.2 Å². The highest BCUT2D eigenvalue weighted by Crippen LogP contribution is 2.25. The van der Waals surface area contributed by atoms with Crippen LogP contribution >= 0.6 is 0 Å². The fourth-order valence-electron chi connectivity index (χ4n) is 3.54. The largest absolute Gasteiger partial charge is 0.392 e. The molecule has 2 N–H and O–H groups in total. The van der Waals surface area contributed by atoms with Crippen LogP contribution in [0.4, 0.5) is 15.8 Å². The molecule has 1 heterocycles. The number of nitrogens with one attached hydrogen (secondary N) is 1. The molecule has 5 nitrogen and oxygen atoms in total. The number of halogens is 1. The topological polar surface area (TPSA) is 69.6 Å². The Bertz CT molecular complexity index is 1080. The van der Waals surface area contributed by atoms with Crippen LogP contribution in [0.25, 0.3) is 11.1 Å². The van der Waals surface area contributed by atoms with E-state index in [9.17, 15) is 14.0 Å². The van der Waals surface area contributed by atoms with Gasteiger partial charge in [-0.25, -0.2) is 4.39 Å². The average molecular weight is 404 g/mol. The van der Waals surface area contributed by atoms with Crippen molar-refractivity contribution in [3.05, 3.63) is 83.7 Å². The standard InChI is InChI=1S/C24H21FN2O3/c25-20-13-18(17-5-3-16(15-28)4-6-17)12-19(14-20)24(30)26-21-7-9-22(10-8-21)27-11-1-2-23(27)29/h3-10,12-14,28H,1-2,11,15H2,(H,26,30). The number of hydrogen-bond donors (Lipinski definition) is 2. The monoisotopic (exact) mass is 404 g/mol. The van der Waals surface area contributed by atoms with Gasteiger partial charge < -0.3 is 15.3 Å². The molecule has 152 valence electrons. The van der Waals surface area contributed by atoms with Crippen LogP contribution in [0.1, 0.15) is 28.8 Å². The molecule has 1 aliphatic heterocycles. The summed E-state index contributed by atoms with van der Waals surface area (Å²) in [4.78, 5) is 26.2. The summed E-state index contributed by atoms with van der Waals surface area (Å²) in [5.74, 6) is -0.828. The molecule has 0 aromatic heterocycles. The van der Waals surface area contributed by atoms with Gasteiger partial charge in [0.15, 0.2) is 0 Å². The third-order valence-corrected chi connectivity index (χ3v) is 5.14. The van der Waals surface area contributed by atoms with Crippen LogP contribution in [0.3, 0.4) is 0 Å². The Morgan fingerprint density at radius 2 is 1.73 bits per heavy atom. The second kappa shape index (κ2) is 8.47. The number of anilines is 2. The first-order valence-electron chi connectivity index (χ1n) is 9.76. The van der Waals surface area contributed by atoms with Gasteiger partial charge in [0, 0.05) is 29.9 Å². The normalized spacial score (nSPS) is 13.5. The van der Waals surface area contributed by atoms with Crippen LogP contribution in [0.5, 0.6) is 0 Å². The van der Waals surface area contributed by atoms with Gasteiger partial charge >= 0.3 is 0 Å². The Hall–Kier alpha value is -3.51. The molecule has 0 bridgehead atoms. The molecule has 4 rings (SSSR count). The fourth-order valence-corrected chi connectivity index (χ4v) is 3.54. The Labute approximate surface area is 173 Å². The van der Waals surface area contributed by atoms with Crippen LogP contribution < -0.4 is 10.2 Å². The van der Waals surface area contributed by atoms with Crippen LogP contribution in [0.15, 0.2) is 66.7 Å². The summed E-state index contributed by atoms with van der Waals surface area (Å²) in [7, 11) is 0. The van der Waals surface area contributed by atoms with E-state index in [1.807, 2.05) is 0 Å². The maximum atomic E-state index is 14.2. The summed E-state index contributed by atoms with van der Waals surface area (Å²) in [6.07, 6.45) is 1.41. The van der Waals surface area contributed by atoms with Crippen LogP contribution in [-0.2, 0) is 11.4 Å². The highest BCUT2D eigenvalue weighted by molar-refractivity contribution is 6.05. The number of aliphatic hydroxyl groups is 1. The third kappa shape index (κ3) is 4.23. The lowest BCUT2D eigenvalue weighted by molar-refractivity contribution is -0.117. The molecule has 0 radical (unpaired) electrons. The van der Waals surface area contributed by atoms with Crippen molar-refractivity contribution in [3.63, 3.8) is 0 Å². The average Bonchev–Trinajstić information content (AvgIpc) is 3.19. The summed E-state index contributed by atoms with van der Waals surface area (Å²) < 4.78 is 14.2. The summed E-state index contributed by atoms with van der Waals surface area (Å²) in [6.45, 7) is 0.637. The minimum absolute atomic E-state index is 0.0677. The number of amides is 2. The Morgan fingerprint density at radius 3 is 2.37 bits per heavy atom. The second-order valence-electron chi connectivity index (χ2n) is 7.23. The van der Waals surface area contributed by atoms with E-state index in [2.05, 4.69) is 5.32 Å². The van der Waals surface area contributed by atoms with Crippen molar-refractivity contribution in [2.75, 3.05) is 16.8 Å². The summed E-state index contributed by atoms with van der Waals surface area (Å²) in [6, 6.07) is 18.3. The Morgan fingerprint density at radius 1 is 1.00 bits per heavy atom. The number of benzene rings is 3. The molecule has 3 aromatic carbocycles. The highest BCUT2D eigenvalue weighted by Gasteiger charge is 2.21. The zero-order valence-corrected chi connectivity index (χ0v) is 16.3. The maximum Gasteiger partial charge on any atom is 0.255 e. The molecule has 1 fully saturated rings. The smallest absolute Gasteiger partial charge is 0.255 e. The lowest BCUT2D eigenvalue weighted by Crippen LogP contribution is -2.23. The Balaban J connectivity index is 1.51. The first-order chi connectivity index (χ1) is 14.5. The van der Waals surface area contributed by atoms with Crippen molar-refractivity contribution < 1.29 is 19.1 Å². The zero-order valence-electron chi connectivity index (χ0n) is 16.3.